The van der Waals surface area contributed by atoms with E-state index in [2.05, 4.69) is 56.2 Å². The molecule has 1 unspecified atom stereocenters. The zero-order chi connectivity index (χ0) is 21.6. The van der Waals surface area contributed by atoms with Gasteiger partial charge in [-0.25, -0.2) is 0 Å². The van der Waals surface area contributed by atoms with Gasteiger partial charge < -0.3 is 10.2 Å². The maximum Gasteiger partial charge on any atom is 0.128 e. The molecule has 1 atom stereocenters. The Balaban J connectivity index is 1.95. The second-order valence-electron chi connectivity index (χ2n) is 6.67. The van der Waals surface area contributed by atoms with E-state index >= 15 is 0 Å². The summed E-state index contributed by atoms with van der Waals surface area (Å²) in [7, 11) is 0. The minimum Gasteiger partial charge on any atom is -0.369 e. The molecule has 0 aromatic carbocycles. The van der Waals surface area contributed by atoms with E-state index < -0.39 is 6.04 Å². The molecule has 0 aromatic heterocycles. The summed E-state index contributed by atoms with van der Waals surface area (Å²) in [5, 5.41) is 18.2. The molecule has 2 aliphatic rings. The average Bonchev–Trinajstić information content (AvgIpc) is 2.79. The quantitative estimate of drug-likeness (QED) is 0.226. The number of rotatable bonds is 11. The minimum atomic E-state index is -0.732. The van der Waals surface area contributed by atoms with Crippen LogP contribution in [0.4, 0.5) is 0 Å². The first kappa shape index (κ1) is 23.5. The van der Waals surface area contributed by atoms with Gasteiger partial charge in [-0.1, -0.05) is 41.2 Å². The van der Waals surface area contributed by atoms with Crippen molar-refractivity contribution < 1.29 is 0 Å². The van der Waals surface area contributed by atoms with Crippen molar-refractivity contribution in [3.05, 3.63) is 80.7 Å². The number of nitroso groups, excluding NO2 is 2. The van der Waals surface area contributed by atoms with Gasteiger partial charge in [0.15, 0.2) is 0 Å². The Morgan fingerprint density at radius 2 is 2.20 bits per heavy atom. The van der Waals surface area contributed by atoms with Crippen LogP contribution >= 0.6 is 11.9 Å². The molecule has 2 N–H and O–H groups in total. The third kappa shape index (κ3) is 7.91. The highest BCUT2D eigenvalue weighted by Crippen LogP contribution is 2.22. The molecule has 158 valence electrons. The lowest BCUT2D eigenvalue weighted by Gasteiger charge is -2.30. The van der Waals surface area contributed by atoms with Crippen LogP contribution in [0.15, 0.2) is 81.2 Å². The molecule has 1 aliphatic heterocycles. The number of allylic oxidation sites excluding steroid dienone is 10. The fraction of sp³-hybridized carbons (Fsp3) is 0.381. The summed E-state index contributed by atoms with van der Waals surface area (Å²) in [6.07, 6.45) is 14.7. The standard InChI is InChI=1S/C21H26N6O2S/c1-2-3-20(27-10-8-23-9-11-27)12-17-4-6-18(7-5-17)13-21(14-22)30-25-16-19(26-29)15-24-28/h2-4,6-7,12-13,19,23,25H,1,5,8-11,15-16H2/b17-12-,20-3+,21-13+. The Hall–Kier alpha value is -2.80. The van der Waals surface area contributed by atoms with Gasteiger partial charge in [0.2, 0.25) is 0 Å². The molecule has 0 aromatic rings. The molecule has 0 radical (unpaired) electrons. The van der Waals surface area contributed by atoms with Crippen LogP contribution in [0.5, 0.6) is 0 Å². The molecule has 0 bridgehead atoms. The van der Waals surface area contributed by atoms with E-state index in [1.807, 2.05) is 18.2 Å². The van der Waals surface area contributed by atoms with Gasteiger partial charge in [-0.15, -0.1) is 0 Å². The highest BCUT2D eigenvalue weighted by Gasteiger charge is 2.12. The van der Waals surface area contributed by atoms with Crippen LogP contribution < -0.4 is 10.0 Å². The molecule has 9 heteroatoms. The van der Waals surface area contributed by atoms with E-state index in [0.717, 1.165) is 55.8 Å². The van der Waals surface area contributed by atoms with E-state index in [0.29, 0.717) is 4.91 Å². The number of hydrogen-bond acceptors (Lipinski definition) is 9. The second kappa shape index (κ2) is 13.4. The molecule has 30 heavy (non-hydrogen) atoms. The predicted molar refractivity (Wildman–Crippen MR) is 122 cm³/mol. The topological polar surface area (TPSA) is 110 Å². The number of nitriles is 1. The van der Waals surface area contributed by atoms with Gasteiger partial charge in [0.1, 0.15) is 23.6 Å². The number of nitrogens with zero attached hydrogens (tertiary/aromatic N) is 4. The molecule has 1 heterocycles. The van der Waals surface area contributed by atoms with Crippen LogP contribution in [0.3, 0.4) is 0 Å². The van der Waals surface area contributed by atoms with Crippen molar-refractivity contribution in [2.24, 2.45) is 10.4 Å². The zero-order valence-electron chi connectivity index (χ0n) is 16.8. The van der Waals surface area contributed by atoms with Gasteiger partial charge >= 0.3 is 0 Å². The van der Waals surface area contributed by atoms with Crippen LogP contribution in [0, 0.1) is 21.1 Å². The molecule has 0 saturated carbocycles. The van der Waals surface area contributed by atoms with Crippen LogP contribution in [-0.4, -0.2) is 50.2 Å². The summed E-state index contributed by atoms with van der Waals surface area (Å²) < 4.78 is 2.89. The lowest BCUT2D eigenvalue weighted by Crippen LogP contribution is -2.42. The van der Waals surface area contributed by atoms with Gasteiger partial charge in [-0.3, -0.25) is 4.72 Å². The molecule has 1 saturated heterocycles. The van der Waals surface area contributed by atoms with Crippen LogP contribution in [0.1, 0.15) is 6.42 Å². The molecular formula is C21H26N6O2S. The molecule has 0 amide bonds. The highest BCUT2D eigenvalue weighted by molar-refractivity contribution is 8.01. The van der Waals surface area contributed by atoms with Crippen molar-refractivity contribution in [1.82, 2.24) is 14.9 Å². The van der Waals surface area contributed by atoms with E-state index in [4.69, 9.17) is 0 Å². The van der Waals surface area contributed by atoms with Gasteiger partial charge in [-0.2, -0.15) is 15.1 Å². The average molecular weight is 427 g/mol. The van der Waals surface area contributed by atoms with Crippen molar-refractivity contribution in [3.63, 3.8) is 0 Å². The minimum absolute atomic E-state index is 0.172. The number of piperazine rings is 1. The Labute approximate surface area is 181 Å². The summed E-state index contributed by atoms with van der Waals surface area (Å²) in [5.74, 6) is 0. The molecule has 8 nitrogen and oxygen atoms in total. The van der Waals surface area contributed by atoms with Crippen LogP contribution in [0.25, 0.3) is 0 Å². The summed E-state index contributed by atoms with van der Waals surface area (Å²) in [5.41, 5.74) is 3.28. The van der Waals surface area contributed by atoms with Crippen LogP contribution in [0.2, 0.25) is 0 Å². The summed E-state index contributed by atoms with van der Waals surface area (Å²) >= 11 is 1.11. The summed E-state index contributed by atoms with van der Waals surface area (Å²) in [6.45, 7) is 7.70. The van der Waals surface area contributed by atoms with E-state index in [1.165, 1.54) is 5.57 Å². The molecule has 2 rings (SSSR count). The predicted octanol–water partition coefficient (Wildman–Crippen LogP) is 3.32. The molecule has 1 aliphatic carbocycles. The monoisotopic (exact) mass is 426 g/mol. The van der Waals surface area contributed by atoms with E-state index in [9.17, 15) is 15.1 Å². The molecule has 1 fully saturated rings. The van der Waals surface area contributed by atoms with E-state index in [1.54, 1.807) is 6.08 Å². The van der Waals surface area contributed by atoms with Gasteiger partial charge in [-0.05, 0) is 47.7 Å². The first-order chi connectivity index (χ1) is 14.7. The first-order valence-electron chi connectivity index (χ1n) is 9.70. The largest absolute Gasteiger partial charge is 0.369 e. The zero-order valence-corrected chi connectivity index (χ0v) is 17.6. The Morgan fingerprint density at radius 3 is 2.80 bits per heavy atom. The lowest BCUT2D eigenvalue weighted by molar-refractivity contribution is 0.307. The van der Waals surface area contributed by atoms with Crippen molar-refractivity contribution in [2.75, 3.05) is 39.3 Å². The van der Waals surface area contributed by atoms with E-state index in [-0.39, 0.29) is 13.1 Å². The maximum atomic E-state index is 10.6. The van der Waals surface area contributed by atoms with Crippen molar-refractivity contribution in [2.45, 2.75) is 12.5 Å². The van der Waals surface area contributed by atoms with Gasteiger partial charge in [0.05, 0.1) is 0 Å². The Kier molecular flexibility index (Phi) is 10.5. The third-order valence-electron chi connectivity index (χ3n) is 4.51. The fourth-order valence-corrected chi connectivity index (χ4v) is 3.61. The fourth-order valence-electron chi connectivity index (χ4n) is 2.94. The normalized spacial score (nSPS) is 19.8. The smallest absolute Gasteiger partial charge is 0.128 e. The Bertz CT molecular complexity index is 816. The second-order valence-corrected chi connectivity index (χ2v) is 7.60. The van der Waals surface area contributed by atoms with Crippen LogP contribution in [-0.2, 0) is 0 Å². The van der Waals surface area contributed by atoms with Crippen molar-refractivity contribution in [1.29, 1.82) is 5.26 Å². The number of hydrogen-bond donors (Lipinski definition) is 2. The Morgan fingerprint density at radius 1 is 1.40 bits per heavy atom. The molecular weight excluding hydrogens is 400 g/mol. The summed E-state index contributed by atoms with van der Waals surface area (Å²) in [4.78, 5) is 23.6. The third-order valence-corrected chi connectivity index (χ3v) is 5.25. The van der Waals surface area contributed by atoms with Crippen molar-refractivity contribution >= 4 is 11.9 Å². The van der Waals surface area contributed by atoms with Crippen molar-refractivity contribution in [3.8, 4) is 6.07 Å². The summed E-state index contributed by atoms with van der Waals surface area (Å²) in [6, 6.07) is 1.39. The number of nitrogens with one attached hydrogen (secondary N) is 2. The van der Waals surface area contributed by atoms with Gasteiger partial charge in [0.25, 0.3) is 0 Å². The highest BCUT2D eigenvalue weighted by atomic mass is 32.2. The lowest BCUT2D eigenvalue weighted by atomic mass is 10.0. The first-order valence-corrected chi connectivity index (χ1v) is 10.5. The maximum absolute atomic E-state index is 10.6. The molecule has 0 spiro atoms. The SMILES string of the molecule is C=C/C=C(\C=C1\C=CC(/C=C(\C#N)SNCC(CN=O)N=O)=CC1)N1CCNCC1. The van der Waals surface area contributed by atoms with Gasteiger partial charge in [0, 0.05) is 38.4 Å².